The first-order chi connectivity index (χ1) is 14.5. The number of imide groups is 1. The third kappa shape index (κ3) is 4.67. The van der Waals surface area contributed by atoms with Crippen molar-refractivity contribution in [1.82, 2.24) is 9.47 Å². The zero-order valence-corrected chi connectivity index (χ0v) is 17.8. The van der Waals surface area contributed by atoms with Gasteiger partial charge in [-0.2, -0.15) is 0 Å². The fourth-order valence-electron chi connectivity index (χ4n) is 3.98. The minimum Gasteiger partial charge on any atom is -0.351 e. The summed E-state index contributed by atoms with van der Waals surface area (Å²) in [7, 11) is 0. The van der Waals surface area contributed by atoms with Crippen LogP contribution in [0.15, 0.2) is 47.6 Å². The fraction of sp³-hybridized carbons (Fsp3) is 0.348. The Morgan fingerprint density at radius 3 is 2.77 bits per heavy atom. The van der Waals surface area contributed by atoms with Crippen LogP contribution >= 0.6 is 11.8 Å². The molecule has 1 aromatic carbocycles. The molecule has 1 aliphatic heterocycles. The lowest BCUT2D eigenvalue weighted by Gasteiger charge is -2.23. The Labute approximate surface area is 180 Å². The van der Waals surface area contributed by atoms with E-state index in [1.54, 1.807) is 12.1 Å². The summed E-state index contributed by atoms with van der Waals surface area (Å²) in [6.45, 7) is 1.64. The highest BCUT2D eigenvalue weighted by atomic mass is 32.2. The number of rotatable bonds is 5. The van der Waals surface area contributed by atoms with Crippen molar-refractivity contribution in [2.75, 3.05) is 11.9 Å². The van der Waals surface area contributed by atoms with Gasteiger partial charge in [-0.05, 0) is 66.9 Å². The number of nitrogens with one attached hydrogen (secondary N) is 1. The predicted octanol–water partition coefficient (Wildman–Crippen LogP) is 4.98. The smallest absolute Gasteiger partial charge is 0.294 e. The quantitative estimate of drug-likeness (QED) is 0.689. The maximum absolute atomic E-state index is 12.7. The Morgan fingerprint density at radius 2 is 2.00 bits per heavy atom. The molecule has 4 rings (SSSR count). The molecule has 1 aliphatic carbocycles. The molecule has 2 fully saturated rings. The van der Waals surface area contributed by atoms with Gasteiger partial charge in [-0.15, -0.1) is 0 Å². The average molecular weight is 424 g/mol. The number of amides is 3. The molecule has 0 bridgehead atoms. The molecule has 30 heavy (non-hydrogen) atoms. The van der Waals surface area contributed by atoms with Crippen LogP contribution < -0.4 is 5.32 Å². The number of hydrogen-bond donors (Lipinski definition) is 1. The Kier molecular flexibility index (Phi) is 6.08. The van der Waals surface area contributed by atoms with Crippen molar-refractivity contribution in [1.29, 1.82) is 0 Å². The van der Waals surface area contributed by atoms with E-state index in [4.69, 9.17) is 0 Å². The molecule has 0 spiro atoms. The second-order valence-electron chi connectivity index (χ2n) is 7.87. The number of thioether (sulfide) groups is 1. The molecule has 2 aliphatic rings. The highest BCUT2D eigenvalue weighted by Gasteiger charge is 2.36. The van der Waals surface area contributed by atoms with Crippen molar-refractivity contribution in [2.24, 2.45) is 0 Å². The first-order valence-electron chi connectivity index (χ1n) is 10.3. The number of anilines is 1. The number of hydrogen-bond acceptors (Lipinski definition) is 4. The summed E-state index contributed by atoms with van der Waals surface area (Å²) in [6, 6.07) is 9.86. The van der Waals surface area contributed by atoms with E-state index in [1.807, 2.05) is 43.6 Å². The van der Waals surface area contributed by atoms with Gasteiger partial charge in [-0.25, -0.2) is 0 Å². The van der Waals surface area contributed by atoms with Gasteiger partial charge in [0.2, 0.25) is 5.91 Å². The summed E-state index contributed by atoms with van der Waals surface area (Å²) in [5.74, 6) is -0.817. The minimum absolute atomic E-state index is 0.293. The summed E-state index contributed by atoms with van der Waals surface area (Å²) < 4.78 is 2.21. The van der Waals surface area contributed by atoms with E-state index >= 15 is 0 Å². The van der Waals surface area contributed by atoms with Crippen LogP contribution in [0.2, 0.25) is 0 Å². The number of carbonyl (C=O) groups is 3. The first-order valence-corrected chi connectivity index (χ1v) is 11.1. The molecule has 6 nitrogen and oxygen atoms in total. The SMILES string of the molecule is Cc1cccc(NC(=O)CN2C(=O)S/C(=C/c3ccn(C4CCCCC4)c3)C2=O)c1. The molecular weight excluding hydrogens is 398 g/mol. The summed E-state index contributed by atoms with van der Waals surface area (Å²) in [5, 5.41) is 2.32. The molecule has 2 heterocycles. The molecule has 156 valence electrons. The molecular formula is C23H25N3O3S. The number of benzene rings is 1. The van der Waals surface area contributed by atoms with Crippen LogP contribution in [0.3, 0.4) is 0 Å². The Bertz CT molecular complexity index is 1000. The maximum Gasteiger partial charge on any atom is 0.294 e. The van der Waals surface area contributed by atoms with Gasteiger partial charge in [0, 0.05) is 24.1 Å². The van der Waals surface area contributed by atoms with E-state index in [0.29, 0.717) is 16.6 Å². The van der Waals surface area contributed by atoms with Crippen LogP contribution in [0.25, 0.3) is 6.08 Å². The van der Waals surface area contributed by atoms with Gasteiger partial charge < -0.3 is 9.88 Å². The second-order valence-corrected chi connectivity index (χ2v) is 8.86. The van der Waals surface area contributed by atoms with E-state index in [0.717, 1.165) is 27.8 Å². The van der Waals surface area contributed by atoms with Crippen molar-refractivity contribution in [3.63, 3.8) is 0 Å². The zero-order valence-electron chi connectivity index (χ0n) is 17.0. The van der Waals surface area contributed by atoms with Gasteiger partial charge in [0.05, 0.1) is 4.91 Å². The highest BCUT2D eigenvalue weighted by Crippen LogP contribution is 2.33. The van der Waals surface area contributed by atoms with Crippen LogP contribution in [-0.2, 0) is 9.59 Å². The first kappa shape index (κ1) is 20.5. The van der Waals surface area contributed by atoms with E-state index < -0.39 is 17.1 Å². The second kappa shape index (κ2) is 8.92. The number of aryl methyl sites for hydroxylation is 1. The normalized spacial score (nSPS) is 19.0. The molecule has 1 N–H and O–H groups in total. The van der Waals surface area contributed by atoms with Gasteiger partial charge >= 0.3 is 0 Å². The molecule has 0 radical (unpaired) electrons. The molecule has 0 atom stereocenters. The number of nitrogens with zero attached hydrogens (tertiary/aromatic N) is 2. The van der Waals surface area contributed by atoms with Crippen LogP contribution in [0.1, 0.15) is 49.3 Å². The van der Waals surface area contributed by atoms with Gasteiger partial charge in [-0.1, -0.05) is 31.4 Å². The van der Waals surface area contributed by atoms with Gasteiger partial charge in [0.25, 0.3) is 11.1 Å². The van der Waals surface area contributed by atoms with Crippen LogP contribution in [0, 0.1) is 6.92 Å². The largest absolute Gasteiger partial charge is 0.351 e. The molecule has 1 saturated carbocycles. The predicted molar refractivity (Wildman–Crippen MR) is 119 cm³/mol. The third-order valence-corrected chi connectivity index (χ3v) is 6.42. The lowest BCUT2D eigenvalue weighted by Crippen LogP contribution is -2.36. The summed E-state index contributed by atoms with van der Waals surface area (Å²) in [5.41, 5.74) is 2.56. The molecule has 3 amide bonds. The lowest BCUT2D eigenvalue weighted by molar-refractivity contribution is -0.127. The van der Waals surface area contributed by atoms with E-state index in [1.165, 1.54) is 32.1 Å². The van der Waals surface area contributed by atoms with Gasteiger partial charge in [0.15, 0.2) is 0 Å². The highest BCUT2D eigenvalue weighted by molar-refractivity contribution is 8.18. The fourth-order valence-corrected chi connectivity index (χ4v) is 4.81. The lowest BCUT2D eigenvalue weighted by atomic mass is 9.95. The van der Waals surface area contributed by atoms with Gasteiger partial charge in [-0.3, -0.25) is 19.3 Å². The monoisotopic (exact) mass is 423 g/mol. The topological polar surface area (TPSA) is 71.4 Å². The van der Waals surface area contributed by atoms with Crippen molar-refractivity contribution in [3.05, 3.63) is 58.8 Å². The molecule has 1 aromatic heterocycles. The Morgan fingerprint density at radius 1 is 1.20 bits per heavy atom. The summed E-state index contributed by atoms with van der Waals surface area (Å²) >= 11 is 0.881. The zero-order chi connectivity index (χ0) is 21.1. The van der Waals surface area contributed by atoms with Crippen molar-refractivity contribution < 1.29 is 14.4 Å². The van der Waals surface area contributed by atoms with Crippen molar-refractivity contribution >= 4 is 40.6 Å². The Balaban J connectivity index is 1.41. The van der Waals surface area contributed by atoms with Crippen LogP contribution in [0.4, 0.5) is 10.5 Å². The van der Waals surface area contributed by atoms with E-state index in [9.17, 15) is 14.4 Å². The van der Waals surface area contributed by atoms with Crippen LogP contribution in [0.5, 0.6) is 0 Å². The standard InChI is InChI=1S/C23H25N3O3S/c1-16-6-5-7-18(12-16)24-21(27)15-26-22(28)20(30-23(26)29)13-17-10-11-25(14-17)19-8-3-2-4-9-19/h5-7,10-14,19H,2-4,8-9,15H2,1H3,(H,24,27)/b20-13+. The van der Waals surface area contributed by atoms with Crippen LogP contribution in [-0.4, -0.2) is 33.1 Å². The molecule has 7 heteroatoms. The average Bonchev–Trinajstić information content (AvgIpc) is 3.29. The third-order valence-electron chi connectivity index (χ3n) is 5.51. The molecule has 1 saturated heterocycles. The van der Waals surface area contributed by atoms with Gasteiger partial charge in [0.1, 0.15) is 6.54 Å². The number of aromatic nitrogens is 1. The van der Waals surface area contributed by atoms with Crippen molar-refractivity contribution in [3.8, 4) is 0 Å². The molecule has 0 unspecified atom stereocenters. The summed E-state index contributed by atoms with van der Waals surface area (Å²) in [4.78, 5) is 38.7. The van der Waals surface area contributed by atoms with E-state index in [2.05, 4.69) is 9.88 Å². The Hall–Kier alpha value is -2.80. The van der Waals surface area contributed by atoms with Crippen molar-refractivity contribution in [2.45, 2.75) is 45.1 Å². The summed E-state index contributed by atoms with van der Waals surface area (Å²) in [6.07, 6.45) is 12.0. The minimum atomic E-state index is -0.421. The maximum atomic E-state index is 12.7. The molecule has 2 aromatic rings. The number of carbonyl (C=O) groups excluding carboxylic acids is 3. The van der Waals surface area contributed by atoms with E-state index in [-0.39, 0.29) is 6.54 Å².